The second kappa shape index (κ2) is 9.35. The van der Waals surface area contributed by atoms with Gasteiger partial charge in [-0.2, -0.15) is 0 Å². The van der Waals surface area contributed by atoms with Gasteiger partial charge >= 0.3 is 0 Å². The van der Waals surface area contributed by atoms with Gasteiger partial charge < -0.3 is 16.4 Å². The number of amides is 2. The molecule has 0 saturated carbocycles. The van der Waals surface area contributed by atoms with Crippen LogP contribution in [0.5, 0.6) is 0 Å². The molecular weight excluding hydrogens is 266 g/mol. The summed E-state index contributed by atoms with van der Waals surface area (Å²) < 4.78 is 0. The predicted molar refractivity (Wildman–Crippen MR) is 78.2 cm³/mol. The lowest BCUT2D eigenvalue weighted by Gasteiger charge is -2.11. The minimum Gasteiger partial charge on any atom is -0.346 e. The Morgan fingerprint density at radius 1 is 1.26 bits per heavy atom. The first kappa shape index (κ1) is 17.4. The maximum absolute atomic E-state index is 11.5. The summed E-state index contributed by atoms with van der Waals surface area (Å²) in [4.78, 5) is 23.0. The molecule has 6 heteroatoms. The number of nitrogens with two attached hydrogens (primary N) is 1. The van der Waals surface area contributed by atoms with E-state index in [-0.39, 0.29) is 30.8 Å². The number of hydrogen-bond donors (Lipinski definition) is 3. The quantitative estimate of drug-likeness (QED) is 0.736. The molecular formula is C13H20ClN3O2. The van der Waals surface area contributed by atoms with Gasteiger partial charge in [0.1, 0.15) is 0 Å². The molecule has 0 heterocycles. The van der Waals surface area contributed by atoms with Gasteiger partial charge in [0.25, 0.3) is 0 Å². The molecule has 4 N–H and O–H groups in total. The van der Waals surface area contributed by atoms with E-state index in [9.17, 15) is 9.59 Å². The SMILES string of the molecule is CCCC(N)C(=O)NCC(=O)Nc1ccccc1.Cl. The van der Waals surface area contributed by atoms with Gasteiger partial charge in [-0.15, -0.1) is 12.4 Å². The van der Waals surface area contributed by atoms with E-state index < -0.39 is 6.04 Å². The van der Waals surface area contributed by atoms with Crippen LogP contribution in [-0.2, 0) is 9.59 Å². The number of para-hydroxylation sites is 1. The molecule has 0 aromatic heterocycles. The van der Waals surface area contributed by atoms with Crippen molar-refractivity contribution in [1.29, 1.82) is 0 Å². The highest BCUT2D eigenvalue weighted by molar-refractivity contribution is 5.95. The molecule has 2 amide bonds. The second-order valence-electron chi connectivity index (χ2n) is 4.03. The molecule has 0 radical (unpaired) electrons. The van der Waals surface area contributed by atoms with Crippen molar-refractivity contribution in [2.75, 3.05) is 11.9 Å². The number of rotatable bonds is 6. The number of nitrogens with one attached hydrogen (secondary N) is 2. The van der Waals surface area contributed by atoms with Crippen LogP contribution in [0.15, 0.2) is 30.3 Å². The van der Waals surface area contributed by atoms with E-state index in [2.05, 4.69) is 10.6 Å². The van der Waals surface area contributed by atoms with Gasteiger partial charge in [-0.3, -0.25) is 9.59 Å². The molecule has 1 atom stereocenters. The molecule has 1 unspecified atom stereocenters. The maximum atomic E-state index is 11.5. The summed E-state index contributed by atoms with van der Waals surface area (Å²) in [5.74, 6) is -0.557. The maximum Gasteiger partial charge on any atom is 0.243 e. The van der Waals surface area contributed by atoms with Crippen LogP contribution >= 0.6 is 12.4 Å². The lowest BCUT2D eigenvalue weighted by Crippen LogP contribution is -2.43. The molecule has 0 fully saturated rings. The average Bonchev–Trinajstić information content (AvgIpc) is 2.37. The van der Waals surface area contributed by atoms with Crippen molar-refractivity contribution >= 4 is 29.9 Å². The van der Waals surface area contributed by atoms with E-state index >= 15 is 0 Å². The normalized spacial score (nSPS) is 11.1. The lowest BCUT2D eigenvalue weighted by molar-refractivity contribution is -0.125. The van der Waals surface area contributed by atoms with E-state index in [0.29, 0.717) is 12.1 Å². The van der Waals surface area contributed by atoms with Crippen LogP contribution in [-0.4, -0.2) is 24.4 Å². The third-order valence-corrected chi connectivity index (χ3v) is 2.42. The molecule has 0 aliphatic carbocycles. The fourth-order valence-electron chi connectivity index (χ4n) is 1.47. The van der Waals surface area contributed by atoms with Gasteiger partial charge in [0.2, 0.25) is 11.8 Å². The molecule has 1 rings (SSSR count). The fourth-order valence-corrected chi connectivity index (χ4v) is 1.47. The first-order valence-electron chi connectivity index (χ1n) is 6.01. The summed E-state index contributed by atoms with van der Waals surface area (Å²) in [6.07, 6.45) is 1.46. The zero-order chi connectivity index (χ0) is 13.4. The van der Waals surface area contributed by atoms with Crippen LogP contribution in [0.2, 0.25) is 0 Å². The summed E-state index contributed by atoms with van der Waals surface area (Å²) in [6.45, 7) is 1.89. The Morgan fingerprint density at radius 3 is 2.47 bits per heavy atom. The number of carbonyl (C=O) groups excluding carboxylic acids is 2. The number of halogens is 1. The van der Waals surface area contributed by atoms with Crippen molar-refractivity contribution in [3.8, 4) is 0 Å². The summed E-state index contributed by atoms with van der Waals surface area (Å²) >= 11 is 0. The molecule has 19 heavy (non-hydrogen) atoms. The van der Waals surface area contributed by atoms with Gasteiger partial charge in [0.15, 0.2) is 0 Å². The van der Waals surface area contributed by atoms with Crippen molar-refractivity contribution in [3.05, 3.63) is 30.3 Å². The Hall–Kier alpha value is -1.59. The first-order valence-corrected chi connectivity index (χ1v) is 6.01. The monoisotopic (exact) mass is 285 g/mol. The highest BCUT2D eigenvalue weighted by Crippen LogP contribution is 2.03. The van der Waals surface area contributed by atoms with Crippen molar-refractivity contribution in [1.82, 2.24) is 5.32 Å². The minimum atomic E-state index is -0.542. The van der Waals surface area contributed by atoms with Gasteiger partial charge in [0.05, 0.1) is 12.6 Å². The van der Waals surface area contributed by atoms with E-state index in [1.165, 1.54) is 0 Å². The highest BCUT2D eigenvalue weighted by atomic mass is 35.5. The van der Waals surface area contributed by atoms with Gasteiger partial charge in [-0.1, -0.05) is 31.5 Å². The molecule has 1 aromatic carbocycles. The Kier molecular flexibility index (Phi) is 8.57. The Morgan fingerprint density at radius 2 is 1.89 bits per heavy atom. The fraction of sp³-hybridized carbons (Fsp3) is 0.385. The van der Waals surface area contributed by atoms with Crippen molar-refractivity contribution in [3.63, 3.8) is 0 Å². The summed E-state index contributed by atoms with van der Waals surface area (Å²) in [6, 6.07) is 8.53. The molecule has 0 spiro atoms. The van der Waals surface area contributed by atoms with Crippen LogP contribution in [0, 0.1) is 0 Å². The lowest BCUT2D eigenvalue weighted by atomic mass is 10.2. The summed E-state index contributed by atoms with van der Waals surface area (Å²) in [7, 11) is 0. The van der Waals surface area contributed by atoms with Crippen LogP contribution in [0.3, 0.4) is 0 Å². The van der Waals surface area contributed by atoms with E-state index in [1.807, 2.05) is 25.1 Å². The minimum absolute atomic E-state index is 0. The molecule has 106 valence electrons. The molecule has 0 aliphatic heterocycles. The number of hydrogen-bond acceptors (Lipinski definition) is 3. The zero-order valence-corrected chi connectivity index (χ0v) is 11.7. The molecule has 1 aromatic rings. The van der Waals surface area contributed by atoms with Crippen LogP contribution in [0.1, 0.15) is 19.8 Å². The third kappa shape index (κ3) is 6.79. The van der Waals surface area contributed by atoms with Gasteiger partial charge in [-0.05, 0) is 18.6 Å². The molecule has 0 saturated heterocycles. The topological polar surface area (TPSA) is 84.2 Å². The third-order valence-electron chi connectivity index (χ3n) is 2.42. The van der Waals surface area contributed by atoms with E-state index in [1.54, 1.807) is 12.1 Å². The number of carbonyl (C=O) groups is 2. The van der Waals surface area contributed by atoms with Crippen LogP contribution < -0.4 is 16.4 Å². The van der Waals surface area contributed by atoms with Gasteiger partial charge in [-0.25, -0.2) is 0 Å². The van der Waals surface area contributed by atoms with Gasteiger partial charge in [0, 0.05) is 5.69 Å². The smallest absolute Gasteiger partial charge is 0.243 e. The van der Waals surface area contributed by atoms with Crippen molar-refractivity contribution < 1.29 is 9.59 Å². The second-order valence-corrected chi connectivity index (χ2v) is 4.03. The van der Waals surface area contributed by atoms with Crippen LogP contribution in [0.4, 0.5) is 5.69 Å². The van der Waals surface area contributed by atoms with Crippen LogP contribution in [0.25, 0.3) is 0 Å². The largest absolute Gasteiger partial charge is 0.346 e. The Labute approximate surface area is 119 Å². The molecule has 5 nitrogen and oxygen atoms in total. The average molecular weight is 286 g/mol. The zero-order valence-electron chi connectivity index (χ0n) is 10.9. The molecule has 0 aliphatic rings. The highest BCUT2D eigenvalue weighted by Gasteiger charge is 2.12. The number of benzene rings is 1. The summed E-state index contributed by atoms with van der Waals surface area (Å²) in [5.41, 5.74) is 6.33. The van der Waals surface area contributed by atoms with Crippen molar-refractivity contribution in [2.45, 2.75) is 25.8 Å². The summed E-state index contributed by atoms with van der Waals surface area (Å²) in [5, 5.41) is 5.18. The molecule has 0 bridgehead atoms. The van der Waals surface area contributed by atoms with Crippen molar-refractivity contribution in [2.24, 2.45) is 5.73 Å². The van der Waals surface area contributed by atoms with E-state index in [4.69, 9.17) is 5.73 Å². The first-order chi connectivity index (χ1) is 8.63. The Bertz CT molecular complexity index is 398. The predicted octanol–water partition coefficient (Wildman–Crippen LogP) is 1.29. The standard InChI is InChI=1S/C13H19N3O2.ClH/c1-2-6-11(14)13(18)15-9-12(17)16-10-7-4-3-5-8-10;/h3-5,7-8,11H,2,6,9,14H2,1H3,(H,15,18)(H,16,17);1H. The van der Waals surface area contributed by atoms with E-state index in [0.717, 1.165) is 6.42 Å². The Balaban J connectivity index is 0.00000324. The number of anilines is 1.